The van der Waals surface area contributed by atoms with Crippen molar-refractivity contribution in [2.75, 3.05) is 0 Å². The van der Waals surface area contributed by atoms with Gasteiger partial charge in [-0.3, -0.25) is 0 Å². The first-order valence-electron chi connectivity index (χ1n) is 7.66. The lowest BCUT2D eigenvalue weighted by Crippen LogP contribution is -2.01. The number of aromatic hydroxyl groups is 1. The zero-order chi connectivity index (χ0) is 18.1. The van der Waals surface area contributed by atoms with Crippen LogP contribution in [0.3, 0.4) is 0 Å². The second-order valence-corrected chi connectivity index (χ2v) is 6.85. The molecule has 3 aromatic rings. The summed E-state index contributed by atoms with van der Waals surface area (Å²) in [4.78, 5) is 16.3. The summed E-state index contributed by atoms with van der Waals surface area (Å²) < 4.78 is 5.23. The van der Waals surface area contributed by atoms with Crippen LogP contribution < -0.4 is 5.63 Å². The summed E-state index contributed by atoms with van der Waals surface area (Å²) in [5.74, 6) is 0.588. The molecule has 5 nitrogen and oxygen atoms in total. The Kier molecular flexibility index (Phi) is 4.51. The van der Waals surface area contributed by atoms with Crippen LogP contribution >= 0.6 is 11.8 Å². The Hall–Kier alpha value is -2.78. The number of pyridine rings is 1. The lowest BCUT2D eigenvalue weighted by molar-refractivity contribution is 0.471. The maximum atomic E-state index is 11.8. The van der Waals surface area contributed by atoms with E-state index in [1.807, 2.05) is 19.9 Å². The largest absolute Gasteiger partial charge is 0.508 e. The molecular weight excluding hydrogens is 336 g/mol. The van der Waals surface area contributed by atoms with E-state index < -0.39 is 5.63 Å². The van der Waals surface area contributed by atoms with Crippen LogP contribution in [0, 0.1) is 32.1 Å². The van der Waals surface area contributed by atoms with Gasteiger partial charge in [-0.2, -0.15) is 5.26 Å². The number of benzene rings is 1. The lowest BCUT2D eigenvalue weighted by atomic mass is 10.1. The van der Waals surface area contributed by atoms with Crippen LogP contribution in [0.2, 0.25) is 0 Å². The highest BCUT2D eigenvalue weighted by Crippen LogP contribution is 2.31. The molecule has 0 radical (unpaired) electrons. The molecular formula is C19H16N2O3S. The van der Waals surface area contributed by atoms with Crippen molar-refractivity contribution in [3.05, 3.63) is 62.6 Å². The summed E-state index contributed by atoms with van der Waals surface area (Å²) in [7, 11) is 0. The molecule has 3 rings (SSSR count). The average molecular weight is 352 g/mol. The fourth-order valence-electron chi connectivity index (χ4n) is 2.67. The Bertz CT molecular complexity index is 1080. The normalized spacial score (nSPS) is 10.8. The first kappa shape index (κ1) is 17.1. The van der Waals surface area contributed by atoms with Gasteiger partial charge in [0.15, 0.2) is 0 Å². The molecule has 0 fully saturated rings. The molecule has 6 heteroatoms. The Morgan fingerprint density at radius 1 is 1.20 bits per heavy atom. The number of phenols is 1. The molecule has 2 aromatic heterocycles. The minimum absolute atomic E-state index is 0.148. The molecule has 0 spiro atoms. The third-order valence-electron chi connectivity index (χ3n) is 3.93. The fraction of sp³-hybridized carbons (Fsp3) is 0.211. The summed E-state index contributed by atoms with van der Waals surface area (Å²) in [5, 5.41) is 20.7. The van der Waals surface area contributed by atoms with E-state index in [0.29, 0.717) is 32.9 Å². The number of phenolic OH excluding ortho intramolecular Hbond substituents is 1. The minimum atomic E-state index is -0.443. The Balaban J connectivity index is 2.04. The van der Waals surface area contributed by atoms with Crippen molar-refractivity contribution in [3.63, 3.8) is 0 Å². The van der Waals surface area contributed by atoms with Gasteiger partial charge in [0, 0.05) is 22.9 Å². The molecule has 0 saturated heterocycles. The van der Waals surface area contributed by atoms with Crippen LogP contribution in [0.15, 0.2) is 38.5 Å². The molecule has 0 aliphatic carbocycles. The maximum Gasteiger partial charge on any atom is 0.336 e. The van der Waals surface area contributed by atoms with E-state index in [2.05, 4.69) is 11.1 Å². The Morgan fingerprint density at radius 2 is 1.96 bits per heavy atom. The zero-order valence-electron chi connectivity index (χ0n) is 14.1. The topological polar surface area (TPSA) is 87.1 Å². The van der Waals surface area contributed by atoms with Crippen LogP contribution in [0.1, 0.15) is 27.9 Å². The average Bonchev–Trinajstić information content (AvgIpc) is 2.54. The van der Waals surface area contributed by atoms with Gasteiger partial charge in [0.1, 0.15) is 22.4 Å². The number of nitrogens with zero attached hydrogens (tertiary/aromatic N) is 2. The van der Waals surface area contributed by atoms with Gasteiger partial charge < -0.3 is 9.52 Å². The van der Waals surface area contributed by atoms with Crippen molar-refractivity contribution < 1.29 is 9.52 Å². The van der Waals surface area contributed by atoms with Gasteiger partial charge in [-0.05, 0) is 55.7 Å². The number of fused-ring (bicyclic) bond motifs is 1. The van der Waals surface area contributed by atoms with E-state index in [0.717, 1.165) is 16.8 Å². The second-order valence-electron chi connectivity index (χ2n) is 5.89. The predicted molar refractivity (Wildman–Crippen MR) is 96.9 cm³/mol. The van der Waals surface area contributed by atoms with E-state index >= 15 is 0 Å². The van der Waals surface area contributed by atoms with Crippen molar-refractivity contribution in [3.8, 4) is 11.8 Å². The van der Waals surface area contributed by atoms with Crippen molar-refractivity contribution in [2.24, 2.45) is 0 Å². The predicted octanol–water partition coefficient (Wildman–Crippen LogP) is 3.98. The van der Waals surface area contributed by atoms with Gasteiger partial charge in [-0.25, -0.2) is 9.78 Å². The van der Waals surface area contributed by atoms with E-state index in [1.165, 1.54) is 17.8 Å². The Labute approximate surface area is 148 Å². The summed E-state index contributed by atoms with van der Waals surface area (Å²) in [6, 6.07) is 8.73. The molecule has 1 N–H and O–H groups in total. The van der Waals surface area contributed by atoms with Crippen molar-refractivity contribution >= 4 is 22.7 Å². The number of thioether (sulfide) groups is 1. The van der Waals surface area contributed by atoms with Crippen molar-refractivity contribution in [1.82, 2.24) is 4.98 Å². The van der Waals surface area contributed by atoms with Crippen LogP contribution in [-0.2, 0) is 5.75 Å². The smallest absolute Gasteiger partial charge is 0.336 e. The monoisotopic (exact) mass is 352 g/mol. The number of aryl methyl sites for hydroxylation is 3. The van der Waals surface area contributed by atoms with Crippen LogP contribution in [-0.4, -0.2) is 10.1 Å². The molecule has 25 heavy (non-hydrogen) atoms. The highest BCUT2D eigenvalue weighted by Gasteiger charge is 2.13. The summed E-state index contributed by atoms with van der Waals surface area (Å²) in [6.07, 6.45) is 0. The van der Waals surface area contributed by atoms with Gasteiger partial charge >= 0.3 is 5.63 Å². The number of nitriles is 1. The first-order chi connectivity index (χ1) is 11.9. The van der Waals surface area contributed by atoms with Gasteiger partial charge in [0.25, 0.3) is 0 Å². The van der Waals surface area contributed by atoms with Gasteiger partial charge in [0.2, 0.25) is 0 Å². The molecule has 1 aromatic carbocycles. The standard InChI is InChI=1S/C19H16N2O3S/c1-10-4-12(3)21-19(15(10)8-20)25-9-13-6-18(23)24-17-5-11(2)16(22)7-14(13)17/h4-7,22H,9H2,1-3H3. The highest BCUT2D eigenvalue weighted by molar-refractivity contribution is 7.98. The van der Waals surface area contributed by atoms with Crippen molar-refractivity contribution in [2.45, 2.75) is 31.6 Å². The summed E-state index contributed by atoms with van der Waals surface area (Å²) >= 11 is 1.39. The van der Waals surface area contributed by atoms with Gasteiger partial charge in [-0.1, -0.05) is 0 Å². The third kappa shape index (κ3) is 3.37. The molecule has 126 valence electrons. The lowest BCUT2D eigenvalue weighted by Gasteiger charge is -2.09. The van der Waals surface area contributed by atoms with Crippen LogP contribution in [0.5, 0.6) is 5.75 Å². The van der Waals surface area contributed by atoms with Gasteiger partial charge in [0.05, 0.1) is 5.56 Å². The molecule has 0 aliphatic rings. The quantitative estimate of drug-likeness (QED) is 0.567. The molecule has 0 atom stereocenters. The number of aromatic nitrogens is 1. The second kappa shape index (κ2) is 6.61. The fourth-order valence-corrected chi connectivity index (χ4v) is 3.76. The first-order valence-corrected chi connectivity index (χ1v) is 8.65. The SMILES string of the molecule is Cc1cc(C)c(C#N)c(SCc2cc(=O)oc3cc(C)c(O)cc23)n1. The summed E-state index contributed by atoms with van der Waals surface area (Å²) in [5.41, 5.74) is 3.63. The number of hydrogen-bond donors (Lipinski definition) is 1. The summed E-state index contributed by atoms with van der Waals surface area (Å²) in [6.45, 7) is 5.51. The molecule has 0 unspecified atom stereocenters. The minimum Gasteiger partial charge on any atom is -0.508 e. The van der Waals surface area contributed by atoms with Crippen LogP contribution in [0.25, 0.3) is 11.0 Å². The van der Waals surface area contributed by atoms with Crippen molar-refractivity contribution in [1.29, 1.82) is 5.26 Å². The molecule has 0 bridgehead atoms. The van der Waals surface area contributed by atoms with E-state index in [9.17, 15) is 15.2 Å². The molecule has 0 aliphatic heterocycles. The number of hydrogen-bond acceptors (Lipinski definition) is 6. The number of rotatable bonds is 3. The Morgan fingerprint density at radius 3 is 2.68 bits per heavy atom. The van der Waals surface area contributed by atoms with E-state index in [4.69, 9.17) is 4.42 Å². The third-order valence-corrected chi connectivity index (χ3v) is 4.96. The van der Waals surface area contributed by atoms with E-state index in [1.54, 1.807) is 19.1 Å². The highest BCUT2D eigenvalue weighted by atomic mass is 32.2. The maximum absolute atomic E-state index is 11.8. The van der Waals surface area contributed by atoms with Gasteiger partial charge in [-0.15, -0.1) is 11.8 Å². The van der Waals surface area contributed by atoms with E-state index in [-0.39, 0.29) is 5.75 Å². The van der Waals surface area contributed by atoms with Crippen LogP contribution in [0.4, 0.5) is 0 Å². The molecule has 0 amide bonds. The molecule has 2 heterocycles. The zero-order valence-corrected chi connectivity index (χ0v) is 14.9. The molecule has 0 saturated carbocycles.